The number of aromatic nitrogens is 3. The highest BCUT2D eigenvalue weighted by atomic mass is 127. The second-order valence-electron chi connectivity index (χ2n) is 9.19. The molecule has 3 N–H and O–H groups in total. The second kappa shape index (κ2) is 13.1. The zero-order valence-corrected chi connectivity index (χ0v) is 23.6. The summed E-state index contributed by atoms with van der Waals surface area (Å²) in [6.07, 6.45) is 7.03. The van der Waals surface area contributed by atoms with Crippen LogP contribution in [0.3, 0.4) is 0 Å². The van der Waals surface area contributed by atoms with Crippen molar-refractivity contribution in [3.8, 4) is 0 Å². The molecule has 1 saturated carbocycles. The molecule has 38 heavy (non-hydrogen) atoms. The summed E-state index contributed by atoms with van der Waals surface area (Å²) in [6, 6.07) is 4.73. The maximum atomic E-state index is 13.2. The van der Waals surface area contributed by atoms with Gasteiger partial charge in [-0.1, -0.05) is 17.7 Å². The van der Waals surface area contributed by atoms with Gasteiger partial charge in [0.25, 0.3) is 11.8 Å². The molecule has 2 aliphatic rings. The summed E-state index contributed by atoms with van der Waals surface area (Å²) >= 11 is -0.307. The molecule has 10 nitrogen and oxygen atoms in total. The van der Waals surface area contributed by atoms with E-state index in [4.69, 9.17) is 4.74 Å². The van der Waals surface area contributed by atoms with Crippen molar-refractivity contribution in [2.75, 3.05) is 16.4 Å². The van der Waals surface area contributed by atoms with Crippen LogP contribution < -0.4 is 10.6 Å². The van der Waals surface area contributed by atoms with Gasteiger partial charge in [0, 0.05) is 24.9 Å². The number of anilines is 1. The Hall–Kier alpha value is -3.19. The van der Waals surface area contributed by atoms with Gasteiger partial charge in [-0.05, 0) is 59.6 Å². The van der Waals surface area contributed by atoms with Crippen LogP contribution in [0.5, 0.6) is 0 Å². The number of hydrogen-bond donors (Lipinski definition) is 3. The average molecular weight is 633 g/mol. The van der Waals surface area contributed by atoms with Gasteiger partial charge in [0.1, 0.15) is 5.69 Å². The Labute approximate surface area is 231 Å². The number of nitrogens with one attached hydrogen (secondary N) is 2. The first-order chi connectivity index (χ1) is 18.3. The number of carbonyl (C=O) groups is 3. The van der Waals surface area contributed by atoms with Crippen LogP contribution in [-0.2, 0) is 16.6 Å². The molecule has 0 saturated heterocycles. The van der Waals surface area contributed by atoms with Crippen molar-refractivity contribution in [3.05, 3.63) is 59.2 Å². The molecule has 2 unspecified atom stereocenters. The van der Waals surface area contributed by atoms with Crippen molar-refractivity contribution >= 4 is 53.8 Å². The highest BCUT2D eigenvalue weighted by molar-refractivity contribution is 14.2. The van der Waals surface area contributed by atoms with E-state index in [9.17, 15) is 19.5 Å². The number of ether oxygens (including phenoxy) is 1. The smallest absolute Gasteiger partial charge is 0.330 e. The molecule has 0 aromatic carbocycles. The summed E-state index contributed by atoms with van der Waals surface area (Å²) in [6.45, 7) is 2.26. The zero-order valence-electron chi connectivity index (χ0n) is 21.4. The van der Waals surface area contributed by atoms with E-state index in [0.29, 0.717) is 31.6 Å². The molecular weight excluding hydrogens is 601 g/mol. The minimum Gasteiger partial charge on any atom is -0.463 e. The van der Waals surface area contributed by atoms with Crippen LogP contribution in [0, 0.1) is 0 Å². The van der Waals surface area contributed by atoms with E-state index in [2.05, 4.69) is 24.7 Å². The number of rotatable bonds is 0. The summed E-state index contributed by atoms with van der Waals surface area (Å²) in [5.74, 6) is -1.36. The molecule has 4 bridgehead atoms. The number of nitrogens with zero attached hydrogens (tertiary/aromatic N) is 3. The number of amides is 2. The molecule has 0 spiro atoms. The fourth-order valence-electron chi connectivity index (χ4n) is 4.36. The van der Waals surface area contributed by atoms with E-state index in [1.807, 2.05) is 19.1 Å². The standard InChI is InChI=1S/C27H32IN5O5/c1-3-18-15-28-11-6-12-38-24(35)14-17-7-4-9-20(23(34)13-17)30-27(37)25-22(16-33(2)32-25)31-26(36)21-10-5-8-19(18)29-21/h3,5,8,10,14-16,20,23,34H,4,6-7,9,11-13H2,1-2H3,(H,30,37)(H,31,36)/b17-14-,18-3+. The van der Waals surface area contributed by atoms with Gasteiger partial charge in [0.05, 0.1) is 30.1 Å². The van der Waals surface area contributed by atoms with E-state index in [1.165, 1.54) is 10.8 Å². The Kier molecular flexibility index (Phi) is 9.56. The molecule has 0 radical (unpaired) electrons. The highest BCUT2D eigenvalue weighted by Gasteiger charge is 2.28. The Balaban J connectivity index is 1.64. The number of aryl methyl sites for hydroxylation is 1. The topological polar surface area (TPSA) is 135 Å². The number of carbonyl (C=O) groups excluding carboxylic acids is 3. The largest absolute Gasteiger partial charge is 0.463 e. The lowest BCUT2D eigenvalue weighted by molar-refractivity contribution is -0.137. The van der Waals surface area contributed by atoms with E-state index in [1.54, 1.807) is 25.4 Å². The fourth-order valence-corrected chi connectivity index (χ4v) is 6.58. The summed E-state index contributed by atoms with van der Waals surface area (Å²) in [4.78, 5) is 43.2. The minimum absolute atomic E-state index is 0.0437. The van der Waals surface area contributed by atoms with Crippen molar-refractivity contribution in [2.24, 2.45) is 7.05 Å². The van der Waals surface area contributed by atoms with Crippen molar-refractivity contribution in [2.45, 2.75) is 51.2 Å². The average Bonchev–Trinajstić information content (AvgIpc) is 3.17. The molecule has 2 amide bonds. The predicted molar refractivity (Wildman–Crippen MR) is 153 cm³/mol. The molecule has 2 aromatic rings. The maximum Gasteiger partial charge on any atom is 0.330 e. The Morgan fingerprint density at radius 3 is 2.82 bits per heavy atom. The van der Waals surface area contributed by atoms with Crippen LogP contribution in [0.25, 0.3) is 5.57 Å². The monoisotopic (exact) mass is 633 g/mol. The third-order valence-electron chi connectivity index (χ3n) is 6.29. The molecule has 2 aromatic heterocycles. The lowest BCUT2D eigenvalue weighted by Crippen LogP contribution is -2.43. The van der Waals surface area contributed by atoms with E-state index in [0.717, 1.165) is 22.0 Å². The van der Waals surface area contributed by atoms with Crippen LogP contribution in [-0.4, -0.2) is 64.8 Å². The first-order valence-electron chi connectivity index (χ1n) is 12.6. The van der Waals surface area contributed by atoms with Gasteiger partial charge in [-0.25, -0.2) is 9.78 Å². The van der Waals surface area contributed by atoms with Gasteiger partial charge in [0.2, 0.25) is 0 Å². The van der Waals surface area contributed by atoms with E-state index in [-0.39, 0.29) is 44.2 Å². The third kappa shape index (κ3) is 7.22. The molecule has 202 valence electrons. The maximum absolute atomic E-state index is 13.2. The molecule has 1 fully saturated rings. The number of fused-ring (bicyclic) bond motifs is 6. The van der Waals surface area contributed by atoms with E-state index < -0.39 is 29.9 Å². The first-order valence-corrected chi connectivity index (χ1v) is 15.4. The van der Waals surface area contributed by atoms with Gasteiger partial charge < -0.3 is 20.5 Å². The number of cyclic esters (lactones) is 1. The first kappa shape index (κ1) is 27.8. The zero-order chi connectivity index (χ0) is 27.1. The molecule has 1 aliphatic carbocycles. The Morgan fingerprint density at radius 1 is 1.18 bits per heavy atom. The summed E-state index contributed by atoms with van der Waals surface area (Å²) in [7, 11) is 1.66. The minimum atomic E-state index is -0.867. The van der Waals surface area contributed by atoms with Gasteiger partial charge in [-0.15, -0.1) is 20.7 Å². The van der Waals surface area contributed by atoms with Gasteiger partial charge in [-0.3, -0.25) is 14.3 Å². The van der Waals surface area contributed by atoms with Crippen LogP contribution in [0.1, 0.15) is 65.7 Å². The molecule has 4 rings (SSSR count). The Morgan fingerprint density at radius 2 is 2.00 bits per heavy atom. The molecule has 3 heterocycles. The predicted octanol–water partition coefficient (Wildman–Crippen LogP) is 3.15. The van der Waals surface area contributed by atoms with Crippen LogP contribution in [0.4, 0.5) is 5.69 Å². The molecule has 1 aliphatic heterocycles. The van der Waals surface area contributed by atoms with Crippen LogP contribution in [0.2, 0.25) is 0 Å². The lowest BCUT2D eigenvalue weighted by atomic mass is 10.0. The van der Waals surface area contributed by atoms with Crippen LogP contribution >= 0.6 is 20.7 Å². The van der Waals surface area contributed by atoms with Crippen LogP contribution in [0.15, 0.2) is 42.1 Å². The summed E-state index contributed by atoms with van der Waals surface area (Å²) in [5.41, 5.74) is 2.95. The highest BCUT2D eigenvalue weighted by Crippen LogP contribution is 2.24. The summed E-state index contributed by atoms with van der Waals surface area (Å²) < 4.78 is 9.93. The third-order valence-corrected chi connectivity index (χ3v) is 8.79. The molecular formula is C27H32IN5O5. The number of alkyl halides is 1. The van der Waals surface area contributed by atoms with Gasteiger partial charge in [0.15, 0.2) is 5.69 Å². The number of aliphatic hydroxyl groups excluding tert-OH is 1. The number of aliphatic hydroxyl groups is 1. The number of hydrogen-bond acceptors (Lipinski definition) is 7. The van der Waals surface area contributed by atoms with Crippen molar-refractivity contribution in [1.82, 2.24) is 20.1 Å². The van der Waals surface area contributed by atoms with E-state index >= 15 is 0 Å². The molecule has 11 heteroatoms. The summed E-state index contributed by atoms with van der Waals surface area (Å²) in [5, 5.41) is 20.7. The number of halogens is 1. The normalized spacial score (nSPS) is 24.3. The molecule has 2 atom stereocenters. The number of pyridine rings is 1. The van der Waals surface area contributed by atoms with Gasteiger partial charge in [-0.2, -0.15) is 5.10 Å². The Bertz CT molecular complexity index is 1300. The quantitative estimate of drug-likeness (QED) is 0.231. The fraction of sp³-hybridized carbons (Fsp3) is 0.407. The lowest BCUT2D eigenvalue weighted by Gasteiger charge is -2.21. The SMILES string of the molecule is C/C=C1\C=ICCCOC(=O)/C=C2/CCCC(NC(=O)c3nn(C)cc3NC(=O)c3cccc1n3)C(O)C2. The van der Waals surface area contributed by atoms with Gasteiger partial charge >= 0.3 is 5.97 Å². The van der Waals surface area contributed by atoms with Crippen molar-refractivity contribution in [3.63, 3.8) is 0 Å². The number of esters is 1. The van der Waals surface area contributed by atoms with Crippen molar-refractivity contribution in [1.29, 1.82) is 0 Å². The number of allylic oxidation sites excluding steroid dienone is 2. The second-order valence-corrected chi connectivity index (χ2v) is 11.8. The van der Waals surface area contributed by atoms with Crippen molar-refractivity contribution < 1.29 is 24.2 Å².